The van der Waals surface area contributed by atoms with Gasteiger partial charge in [-0.2, -0.15) is 4.31 Å². The Bertz CT molecular complexity index is 725. The van der Waals surface area contributed by atoms with Gasteiger partial charge in [-0.15, -0.1) is 0 Å². The minimum Gasteiger partial charge on any atom is -0.351 e. The highest BCUT2D eigenvalue weighted by molar-refractivity contribution is 7.89. The number of hydrogen-bond acceptors (Lipinski definition) is 3. The number of aryl methyl sites for hydroxylation is 2. The van der Waals surface area contributed by atoms with Crippen molar-refractivity contribution < 1.29 is 18.1 Å². The van der Waals surface area contributed by atoms with E-state index >= 15 is 0 Å². The molecule has 138 valence electrons. The zero-order valence-electron chi connectivity index (χ0n) is 14.9. The number of piperazine rings is 1. The van der Waals surface area contributed by atoms with Crippen LogP contribution in [0.25, 0.3) is 0 Å². The zero-order valence-corrected chi connectivity index (χ0v) is 15.7. The summed E-state index contributed by atoms with van der Waals surface area (Å²) in [5.41, 5.74) is 2.46. The van der Waals surface area contributed by atoms with Gasteiger partial charge in [-0.05, 0) is 48.9 Å². The zero-order chi connectivity index (χ0) is 17.9. The molecule has 1 aromatic rings. The number of amides is 1. The van der Waals surface area contributed by atoms with Crippen LogP contribution in [0.4, 0.5) is 0 Å². The molecule has 1 aliphatic heterocycles. The summed E-state index contributed by atoms with van der Waals surface area (Å²) >= 11 is 0. The Morgan fingerprint density at radius 1 is 1.20 bits per heavy atom. The first-order valence-electron chi connectivity index (χ1n) is 9.23. The summed E-state index contributed by atoms with van der Waals surface area (Å²) in [4.78, 5) is 13.4. The number of quaternary nitrogens is 1. The van der Waals surface area contributed by atoms with Gasteiger partial charge in [-0.1, -0.05) is 13.0 Å². The molecule has 2 N–H and O–H groups in total. The number of nitrogens with zero attached hydrogens (tertiary/aromatic N) is 1. The number of benzene rings is 1. The van der Waals surface area contributed by atoms with Gasteiger partial charge in [-0.25, -0.2) is 8.42 Å². The summed E-state index contributed by atoms with van der Waals surface area (Å²) in [6, 6.07) is 5.57. The van der Waals surface area contributed by atoms with Crippen LogP contribution in [0.15, 0.2) is 23.1 Å². The molecule has 1 amide bonds. The summed E-state index contributed by atoms with van der Waals surface area (Å²) < 4.78 is 27.4. The van der Waals surface area contributed by atoms with Gasteiger partial charge in [-0.3, -0.25) is 4.79 Å². The topological polar surface area (TPSA) is 70.9 Å². The van der Waals surface area contributed by atoms with Gasteiger partial charge in [0.05, 0.1) is 31.1 Å². The lowest BCUT2D eigenvalue weighted by Crippen LogP contribution is -3.15. The fourth-order valence-electron chi connectivity index (χ4n) is 3.63. The molecule has 0 spiro atoms. The maximum atomic E-state index is 12.9. The lowest BCUT2D eigenvalue weighted by Gasteiger charge is -2.31. The largest absolute Gasteiger partial charge is 0.351 e. The summed E-state index contributed by atoms with van der Waals surface area (Å²) in [5, 5.41) is 2.88. The Morgan fingerprint density at radius 3 is 2.64 bits per heavy atom. The van der Waals surface area contributed by atoms with Crippen LogP contribution in [0.5, 0.6) is 0 Å². The van der Waals surface area contributed by atoms with Gasteiger partial charge >= 0.3 is 0 Å². The summed E-state index contributed by atoms with van der Waals surface area (Å²) in [7, 11) is -3.43. The van der Waals surface area contributed by atoms with Crippen LogP contribution in [0.2, 0.25) is 0 Å². The molecular formula is C18H28N3O3S+. The minimum absolute atomic E-state index is 0.0479. The lowest BCUT2D eigenvalue weighted by atomic mass is 10.1. The van der Waals surface area contributed by atoms with Crippen LogP contribution in [0.3, 0.4) is 0 Å². The van der Waals surface area contributed by atoms with Crippen LogP contribution in [0.1, 0.15) is 30.9 Å². The average Bonchev–Trinajstić information content (AvgIpc) is 3.08. The fourth-order valence-corrected chi connectivity index (χ4v) is 5.12. The van der Waals surface area contributed by atoms with Crippen molar-refractivity contribution in [3.05, 3.63) is 29.3 Å². The molecule has 1 fully saturated rings. The Labute approximate surface area is 150 Å². The van der Waals surface area contributed by atoms with E-state index in [-0.39, 0.29) is 5.91 Å². The smallest absolute Gasteiger partial charge is 0.275 e. The van der Waals surface area contributed by atoms with Gasteiger partial charge < -0.3 is 10.2 Å². The molecule has 0 aromatic heterocycles. The Morgan fingerprint density at radius 2 is 1.92 bits per heavy atom. The summed E-state index contributed by atoms with van der Waals surface area (Å²) in [6.45, 7) is 5.42. The van der Waals surface area contributed by atoms with Crippen molar-refractivity contribution in [2.24, 2.45) is 0 Å². The molecule has 1 aliphatic carbocycles. The minimum atomic E-state index is -3.43. The van der Waals surface area contributed by atoms with Crippen LogP contribution < -0.4 is 10.2 Å². The standard InChI is InChI=1S/C18H27N3O3S/c1-2-8-19-18(22)14-20-9-11-21(12-10-20)25(23,24)17-7-6-15-4-3-5-16(15)13-17/h6-7,13H,2-5,8-12,14H2,1H3,(H,19,22)/p+1. The van der Waals surface area contributed by atoms with E-state index in [1.54, 1.807) is 10.4 Å². The molecule has 0 atom stereocenters. The van der Waals surface area contributed by atoms with E-state index in [1.165, 1.54) is 11.1 Å². The molecule has 0 bridgehead atoms. The lowest BCUT2D eigenvalue weighted by molar-refractivity contribution is -0.895. The van der Waals surface area contributed by atoms with Gasteiger partial charge in [0.2, 0.25) is 10.0 Å². The molecule has 1 saturated heterocycles. The number of fused-ring (bicyclic) bond motifs is 1. The highest BCUT2D eigenvalue weighted by Crippen LogP contribution is 2.26. The van der Waals surface area contributed by atoms with Crippen molar-refractivity contribution >= 4 is 15.9 Å². The van der Waals surface area contributed by atoms with Crippen molar-refractivity contribution in [2.75, 3.05) is 39.3 Å². The first-order valence-corrected chi connectivity index (χ1v) is 10.7. The molecule has 7 heteroatoms. The quantitative estimate of drug-likeness (QED) is 0.719. The van der Waals surface area contributed by atoms with E-state index in [0.717, 1.165) is 30.6 Å². The number of sulfonamides is 1. The highest BCUT2D eigenvalue weighted by Gasteiger charge is 2.31. The second-order valence-electron chi connectivity index (χ2n) is 6.96. The monoisotopic (exact) mass is 366 g/mol. The maximum absolute atomic E-state index is 12.9. The summed E-state index contributed by atoms with van der Waals surface area (Å²) in [6.07, 6.45) is 4.07. The molecule has 3 rings (SSSR count). The molecule has 2 aliphatic rings. The first kappa shape index (κ1) is 18.4. The van der Waals surface area contributed by atoms with E-state index in [1.807, 2.05) is 19.1 Å². The van der Waals surface area contributed by atoms with Gasteiger partial charge in [0.1, 0.15) is 0 Å². The Kier molecular flexibility index (Phi) is 5.76. The average molecular weight is 367 g/mol. The predicted octanol–water partition coefficient (Wildman–Crippen LogP) is -0.409. The van der Waals surface area contributed by atoms with E-state index in [2.05, 4.69) is 5.32 Å². The first-order chi connectivity index (χ1) is 12.0. The molecule has 25 heavy (non-hydrogen) atoms. The van der Waals surface area contributed by atoms with E-state index in [0.29, 0.717) is 44.2 Å². The van der Waals surface area contributed by atoms with E-state index < -0.39 is 10.0 Å². The second-order valence-corrected chi connectivity index (χ2v) is 8.90. The Hall–Kier alpha value is -1.44. The highest BCUT2D eigenvalue weighted by atomic mass is 32.2. The normalized spacial score (nSPS) is 18.9. The summed E-state index contributed by atoms with van der Waals surface area (Å²) in [5.74, 6) is 0.0479. The van der Waals surface area contributed by atoms with Crippen molar-refractivity contribution in [3.63, 3.8) is 0 Å². The van der Waals surface area contributed by atoms with Gasteiger partial charge in [0.15, 0.2) is 6.54 Å². The number of hydrogen-bond donors (Lipinski definition) is 2. The number of carbonyl (C=O) groups is 1. The predicted molar refractivity (Wildman–Crippen MR) is 96.1 cm³/mol. The molecule has 0 saturated carbocycles. The molecule has 1 heterocycles. The van der Waals surface area contributed by atoms with Crippen molar-refractivity contribution in [1.29, 1.82) is 0 Å². The third-order valence-corrected chi connectivity index (χ3v) is 7.01. The molecule has 0 unspecified atom stereocenters. The van der Waals surface area contributed by atoms with Crippen LogP contribution in [0, 0.1) is 0 Å². The van der Waals surface area contributed by atoms with E-state index in [4.69, 9.17) is 0 Å². The maximum Gasteiger partial charge on any atom is 0.275 e. The molecule has 0 radical (unpaired) electrons. The van der Waals surface area contributed by atoms with Gasteiger partial charge in [0, 0.05) is 6.54 Å². The van der Waals surface area contributed by atoms with Crippen LogP contribution >= 0.6 is 0 Å². The number of carbonyl (C=O) groups excluding carboxylic acids is 1. The SMILES string of the molecule is CCCNC(=O)C[NH+]1CCN(S(=O)(=O)c2ccc3c(c2)CCC3)CC1. The van der Waals surface area contributed by atoms with Gasteiger partial charge in [0.25, 0.3) is 5.91 Å². The van der Waals surface area contributed by atoms with Crippen LogP contribution in [-0.4, -0.2) is 57.9 Å². The van der Waals surface area contributed by atoms with E-state index in [9.17, 15) is 13.2 Å². The number of nitrogens with one attached hydrogen (secondary N) is 2. The van der Waals surface area contributed by atoms with Crippen molar-refractivity contribution in [3.8, 4) is 0 Å². The molecule has 1 aromatic carbocycles. The number of rotatable bonds is 6. The fraction of sp³-hybridized carbons (Fsp3) is 0.611. The van der Waals surface area contributed by atoms with Crippen LogP contribution in [-0.2, 0) is 27.7 Å². The third-order valence-electron chi connectivity index (χ3n) is 5.12. The Balaban J connectivity index is 1.59. The van der Waals surface area contributed by atoms with Crippen molar-refractivity contribution in [2.45, 2.75) is 37.5 Å². The molecule has 6 nitrogen and oxygen atoms in total. The second kappa shape index (κ2) is 7.85. The van der Waals surface area contributed by atoms with Crippen molar-refractivity contribution in [1.82, 2.24) is 9.62 Å². The molecular weight excluding hydrogens is 338 g/mol. The third kappa shape index (κ3) is 4.22.